The molecule has 0 aliphatic rings. The molecule has 0 saturated carbocycles. The largest absolute Gasteiger partial charge is 0.478 e. The summed E-state index contributed by atoms with van der Waals surface area (Å²) in [6.07, 6.45) is -4.41. The number of carbonyl (C=O) groups is 1. The van der Waals surface area contributed by atoms with Crippen molar-refractivity contribution in [2.75, 3.05) is 0 Å². The lowest BCUT2D eigenvalue weighted by Crippen LogP contribution is -2.03. The van der Waals surface area contributed by atoms with Crippen LogP contribution in [0.3, 0.4) is 0 Å². The molecule has 21 heavy (non-hydrogen) atoms. The minimum absolute atomic E-state index is 0.0341. The standard InChI is InChI=1S/C14H9F3N2O2/c15-14(16,17)9-5-7-10(8-6-9)18-19-12-4-2-1-3-11(12)13(20)21/h1-8H,(H,20,21). The van der Waals surface area contributed by atoms with Gasteiger partial charge in [0.05, 0.1) is 16.8 Å². The van der Waals surface area contributed by atoms with Gasteiger partial charge in [0, 0.05) is 0 Å². The molecular weight excluding hydrogens is 285 g/mol. The second kappa shape index (κ2) is 5.74. The summed E-state index contributed by atoms with van der Waals surface area (Å²) < 4.78 is 37.2. The quantitative estimate of drug-likeness (QED) is 0.825. The third kappa shape index (κ3) is 3.65. The van der Waals surface area contributed by atoms with Gasteiger partial charge in [0.2, 0.25) is 0 Å². The molecule has 0 spiro atoms. The molecule has 2 aromatic carbocycles. The van der Waals surface area contributed by atoms with Gasteiger partial charge in [-0.2, -0.15) is 18.3 Å². The second-order valence-electron chi connectivity index (χ2n) is 4.07. The van der Waals surface area contributed by atoms with Crippen molar-refractivity contribution < 1.29 is 23.1 Å². The van der Waals surface area contributed by atoms with Crippen molar-refractivity contribution in [3.63, 3.8) is 0 Å². The molecule has 0 fully saturated rings. The highest BCUT2D eigenvalue weighted by Gasteiger charge is 2.29. The molecule has 0 heterocycles. The summed E-state index contributed by atoms with van der Waals surface area (Å²) in [7, 11) is 0. The molecule has 2 aromatic rings. The SMILES string of the molecule is O=C(O)c1ccccc1N=Nc1ccc(C(F)(F)F)cc1. The fourth-order valence-electron chi connectivity index (χ4n) is 1.57. The monoisotopic (exact) mass is 294 g/mol. The predicted molar refractivity (Wildman–Crippen MR) is 69.0 cm³/mol. The molecule has 0 amide bonds. The maximum atomic E-state index is 12.4. The molecule has 2 rings (SSSR count). The Bertz CT molecular complexity index is 679. The van der Waals surface area contributed by atoms with E-state index in [9.17, 15) is 18.0 Å². The number of hydrogen-bond donors (Lipinski definition) is 1. The molecule has 4 nitrogen and oxygen atoms in total. The zero-order valence-corrected chi connectivity index (χ0v) is 10.5. The van der Waals surface area contributed by atoms with E-state index in [0.717, 1.165) is 24.3 Å². The molecule has 108 valence electrons. The first kappa shape index (κ1) is 14.7. The van der Waals surface area contributed by atoms with E-state index in [1.54, 1.807) is 12.1 Å². The molecule has 0 aliphatic carbocycles. The Morgan fingerprint density at radius 1 is 0.952 bits per heavy atom. The lowest BCUT2D eigenvalue weighted by Gasteiger charge is -2.05. The normalized spacial score (nSPS) is 11.8. The van der Waals surface area contributed by atoms with Crippen molar-refractivity contribution in [3.8, 4) is 0 Å². The number of hydrogen-bond acceptors (Lipinski definition) is 3. The Kier molecular flexibility index (Phi) is 4.02. The maximum Gasteiger partial charge on any atom is 0.416 e. The third-order valence-corrected chi connectivity index (χ3v) is 2.60. The van der Waals surface area contributed by atoms with Crippen LogP contribution in [-0.4, -0.2) is 11.1 Å². The number of carboxylic acid groups (broad SMARTS) is 1. The van der Waals surface area contributed by atoms with Gasteiger partial charge >= 0.3 is 12.1 Å². The lowest BCUT2D eigenvalue weighted by molar-refractivity contribution is -0.137. The first-order chi connectivity index (χ1) is 9.88. The van der Waals surface area contributed by atoms with Crippen molar-refractivity contribution in [1.82, 2.24) is 0 Å². The Hall–Kier alpha value is -2.70. The van der Waals surface area contributed by atoms with Crippen LogP contribution in [0.1, 0.15) is 15.9 Å². The Balaban J connectivity index is 2.24. The summed E-state index contributed by atoms with van der Waals surface area (Å²) in [6.45, 7) is 0. The molecule has 0 bridgehead atoms. The number of nitrogens with zero attached hydrogens (tertiary/aromatic N) is 2. The zero-order valence-electron chi connectivity index (χ0n) is 10.5. The molecule has 0 saturated heterocycles. The number of benzene rings is 2. The number of azo groups is 1. The minimum Gasteiger partial charge on any atom is -0.478 e. The Morgan fingerprint density at radius 2 is 1.57 bits per heavy atom. The van der Waals surface area contributed by atoms with Gasteiger partial charge in [-0.15, -0.1) is 5.11 Å². The van der Waals surface area contributed by atoms with Crippen molar-refractivity contribution in [2.45, 2.75) is 6.18 Å². The highest BCUT2D eigenvalue weighted by atomic mass is 19.4. The van der Waals surface area contributed by atoms with Gasteiger partial charge < -0.3 is 5.11 Å². The lowest BCUT2D eigenvalue weighted by atomic mass is 10.2. The first-order valence-electron chi connectivity index (χ1n) is 5.79. The molecular formula is C14H9F3N2O2. The van der Waals surface area contributed by atoms with Crippen molar-refractivity contribution >= 4 is 17.3 Å². The van der Waals surface area contributed by atoms with Crippen LogP contribution < -0.4 is 0 Å². The van der Waals surface area contributed by atoms with Gasteiger partial charge in [-0.05, 0) is 36.4 Å². The average Bonchev–Trinajstić information content (AvgIpc) is 2.45. The number of alkyl halides is 3. The zero-order chi connectivity index (χ0) is 15.5. The van der Waals surface area contributed by atoms with Gasteiger partial charge in [0.1, 0.15) is 5.69 Å². The van der Waals surface area contributed by atoms with Gasteiger partial charge in [-0.3, -0.25) is 0 Å². The topological polar surface area (TPSA) is 62.0 Å². The summed E-state index contributed by atoms with van der Waals surface area (Å²) >= 11 is 0. The van der Waals surface area contributed by atoms with Gasteiger partial charge in [0.15, 0.2) is 0 Å². The molecule has 1 N–H and O–H groups in total. The van der Waals surface area contributed by atoms with Crippen LogP contribution >= 0.6 is 0 Å². The second-order valence-corrected chi connectivity index (χ2v) is 4.07. The Morgan fingerprint density at radius 3 is 2.14 bits per heavy atom. The van der Waals surface area contributed by atoms with Crippen LogP contribution in [0.25, 0.3) is 0 Å². The van der Waals surface area contributed by atoms with E-state index in [0.29, 0.717) is 0 Å². The molecule has 0 aromatic heterocycles. The molecule has 0 unspecified atom stereocenters. The van der Waals surface area contributed by atoms with Gasteiger partial charge in [-0.25, -0.2) is 4.79 Å². The van der Waals surface area contributed by atoms with E-state index in [-0.39, 0.29) is 16.9 Å². The predicted octanol–water partition coefficient (Wildman–Crippen LogP) is 4.82. The Labute approximate surface area is 117 Å². The fourth-order valence-corrected chi connectivity index (χ4v) is 1.57. The van der Waals surface area contributed by atoms with E-state index in [1.807, 2.05) is 0 Å². The highest BCUT2D eigenvalue weighted by molar-refractivity contribution is 5.93. The van der Waals surface area contributed by atoms with Gasteiger partial charge in [0.25, 0.3) is 0 Å². The van der Waals surface area contributed by atoms with E-state index >= 15 is 0 Å². The molecule has 0 aliphatic heterocycles. The third-order valence-electron chi connectivity index (χ3n) is 2.60. The van der Waals surface area contributed by atoms with Crippen LogP contribution in [0.4, 0.5) is 24.5 Å². The highest BCUT2D eigenvalue weighted by Crippen LogP contribution is 2.30. The maximum absolute atomic E-state index is 12.4. The van der Waals surface area contributed by atoms with E-state index in [1.165, 1.54) is 12.1 Å². The van der Waals surface area contributed by atoms with E-state index in [2.05, 4.69) is 10.2 Å². The van der Waals surface area contributed by atoms with Crippen LogP contribution in [0.2, 0.25) is 0 Å². The van der Waals surface area contributed by atoms with Crippen LogP contribution in [0.5, 0.6) is 0 Å². The van der Waals surface area contributed by atoms with Crippen molar-refractivity contribution in [2.24, 2.45) is 10.2 Å². The number of carboxylic acids is 1. The van der Waals surface area contributed by atoms with Crippen LogP contribution in [0.15, 0.2) is 58.8 Å². The minimum atomic E-state index is -4.41. The van der Waals surface area contributed by atoms with Crippen molar-refractivity contribution in [1.29, 1.82) is 0 Å². The summed E-state index contributed by atoms with van der Waals surface area (Å²) in [5, 5.41) is 16.5. The molecule has 0 atom stereocenters. The average molecular weight is 294 g/mol. The summed E-state index contributed by atoms with van der Waals surface area (Å²) in [4.78, 5) is 11.0. The molecule has 7 heteroatoms. The molecule has 0 radical (unpaired) electrons. The van der Waals surface area contributed by atoms with Crippen LogP contribution in [0, 0.1) is 0 Å². The van der Waals surface area contributed by atoms with Crippen molar-refractivity contribution in [3.05, 3.63) is 59.7 Å². The number of rotatable bonds is 3. The number of halogens is 3. The summed E-state index contributed by atoms with van der Waals surface area (Å²) in [5.41, 5.74) is -0.492. The summed E-state index contributed by atoms with van der Waals surface area (Å²) in [6, 6.07) is 10.1. The van der Waals surface area contributed by atoms with E-state index < -0.39 is 17.7 Å². The van der Waals surface area contributed by atoms with E-state index in [4.69, 9.17) is 5.11 Å². The van der Waals surface area contributed by atoms with Crippen LogP contribution in [-0.2, 0) is 6.18 Å². The smallest absolute Gasteiger partial charge is 0.416 e. The van der Waals surface area contributed by atoms with Gasteiger partial charge in [-0.1, -0.05) is 12.1 Å². The fraction of sp³-hybridized carbons (Fsp3) is 0.0714. The summed E-state index contributed by atoms with van der Waals surface area (Å²) in [5.74, 6) is -1.16. The first-order valence-corrected chi connectivity index (χ1v) is 5.79. The number of aromatic carboxylic acids is 1.